The Kier molecular flexibility index (Phi) is 5.20. The fourth-order valence-electron chi connectivity index (χ4n) is 4.45. The van der Waals surface area contributed by atoms with Crippen LogP contribution in [0.1, 0.15) is 25.5 Å². The highest BCUT2D eigenvalue weighted by Gasteiger charge is 2.50. The summed E-state index contributed by atoms with van der Waals surface area (Å²) in [6.45, 7) is 5.34. The van der Waals surface area contributed by atoms with Crippen LogP contribution in [0.3, 0.4) is 0 Å². The molecule has 2 atom stereocenters. The Morgan fingerprint density at radius 3 is 2.32 bits per heavy atom. The number of fused-ring (bicyclic) bond motifs is 3. The number of hydrogen-bond donors (Lipinski definition) is 0. The molecule has 0 saturated heterocycles. The number of para-hydroxylation sites is 2. The van der Waals surface area contributed by atoms with Gasteiger partial charge in [-0.25, -0.2) is 4.57 Å². The van der Waals surface area contributed by atoms with Crippen LogP contribution in [0.5, 0.6) is 5.75 Å². The molecule has 0 unspecified atom stereocenters. The van der Waals surface area contributed by atoms with E-state index >= 15 is 0 Å². The van der Waals surface area contributed by atoms with Gasteiger partial charge in [0.2, 0.25) is 0 Å². The van der Waals surface area contributed by atoms with Crippen molar-refractivity contribution in [1.29, 1.82) is 0 Å². The third-order valence-electron chi connectivity index (χ3n) is 6.01. The number of anilines is 1. The largest absolute Gasteiger partial charge is 0.513 e. The van der Waals surface area contributed by atoms with Gasteiger partial charge in [-0.3, -0.25) is 0 Å². The molecule has 1 aliphatic heterocycles. The molecule has 2 heterocycles. The first-order valence-electron chi connectivity index (χ1n) is 10.7. The number of hydrogen-bond acceptors (Lipinski definition) is 3. The average molecular weight is 430 g/mol. The predicted octanol–water partition coefficient (Wildman–Crippen LogP) is 6.22. The summed E-state index contributed by atoms with van der Waals surface area (Å²) in [4.78, 5) is 15.5. The molecule has 5 heteroatoms. The highest BCUT2D eigenvalue weighted by molar-refractivity contribution is 7.21. The molecule has 0 bridgehead atoms. The van der Waals surface area contributed by atoms with Crippen molar-refractivity contribution in [3.8, 4) is 5.75 Å². The first kappa shape index (κ1) is 19.8. The summed E-state index contributed by atoms with van der Waals surface area (Å²) in [6, 6.07) is 27.9. The lowest BCUT2D eigenvalue weighted by atomic mass is 9.82. The van der Waals surface area contributed by atoms with Crippen molar-refractivity contribution in [2.45, 2.75) is 26.4 Å². The maximum absolute atomic E-state index is 13.7. The van der Waals surface area contributed by atoms with Crippen LogP contribution < -0.4 is 14.2 Å². The molecule has 1 aromatic heterocycles. The molecule has 4 nitrogen and oxygen atoms in total. The minimum atomic E-state index is -0.342. The van der Waals surface area contributed by atoms with E-state index in [0.717, 1.165) is 22.8 Å². The van der Waals surface area contributed by atoms with Gasteiger partial charge in [-0.1, -0.05) is 74.5 Å². The van der Waals surface area contributed by atoms with Crippen LogP contribution >= 0.6 is 11.3 Å². The number of amides is 1. The van der Waals surface area contributed by atoms with Crippen molar-refractivity contribution >= 4 is 32.8 Å². The Morgan fingerprint density at radius 1 is 0.968 bits per heavy atom. The molecule has 1 aliphatic rings. The summed E-state index contributed by atoms with van der Waals surface area (Å²) in [5.74, 6) is 1.19. The van der Waals surface area contributed by atoms with E-state index in [1.54, 1.807) is 11.3 Å². The minimum Gasteiger partial charge on any atom is -0.392 e. The molecule has 0 spiro atoms. The number of rotatable bonds is 3. The van der Waals surface area contributed by atoms with Gasteiger partial charge in [-0.05, 0) is 47.1 Å². The lowest BCUT2D eigenvalue weighted by molar-refractivity contribution is -0.669. The number of carbonyl (C=O) groups is 1. The quantitative estimate of drug-likeness (QED) is 0.362. The smallest absolute Gasteiger partial charge is 0.392 e. The van der Waals surface area contributed by atoms with Gasteiger partial charge in [-0.2, -0.15) is 4.79 Å². The van der Waals surface area contributed by atoms with Crippen molar-refractivity contribution < 1.29 is 14.1 Å². The molecule has 31 heavy (non-hydrogen) atoms. The SMILES string of the molecule is CC(C)[C@@H]1C[n+]2c(sc3ccccc32)N(C(=O)Oc2ccccc2)[C@@H]1c1ccccc1. The van der Waals surface area contributed by atoms with E-state index in [1.165, 1.54) is 4.70 Å². The van der Waals surface area contributed by atoms with Crippen LogP contribution in [0.25, 0.3) is 10.2 Å². The molecule has 4 aromatic rings. The maximum atomic E-state index is 13.7. The number of thiazole rings is 1. The topological polar surface area (TPSA) is 33.4 Å². The van der Waals surface area contributed by atoms with E-state index < -0.39 is 0 Å². The Labute approximate surface area is 186 Å². The van der Waals surface area contributed by atoms with Crippen LogP contribution in [0.4, 0.5) is 9.93 Å². The van der Waals surface area contributed by atoms with Gasteiger partial charge in [0, 0.05) is 5.92 Å². The first-order chi connectivity index (χ1) is 15.1. The fourth-order valence-corrected chi connectivity index (χ4v) is 5.65. The van der Waals surface area contributed by atoms with E-state index in [9.17, 15) is 4.79 Å². The first-order valence-corrected chi connectivity index (χ1v) is 11.5. The number of ether oxygens (including phenoxy) is 1. The second kappa shape index (κ2) is 8.16. The van der Waals surface area contributed by atoms with E-state index in [0.29, 0.717) is 11.7 Å². The molecule has 156 valence electrons. The van der Waals surface area contributed by atoms with Gasteiger partial charge in [0.25, 0.3) is 0 Å². The zero-order valence-electron chi connectivity index (χ0n) is 17.6. The third kappa shape index (κ3) is 3.59. The Balaban J connectivity index is 1.68. The third-order valence-corrected chi connectivity index (χ3v) is 7.18. The summed E-state index contributed by atoms with van der Waals surface area (Å²) in [7, 11) is 0. The molecule has 1 amide bonds. The Bertz CT molecular complexity index is 1200. The highest BCUT2D eigenvalue weighted by atomic mass is 32.1. The van der Waals surface area contributed by atoms with Gasteiger partial charge in [0.15, 0.2) is 0 Å². The van der Waals surface area contributed by atoms with E-state index in [2.05, 4.69) is 48.7 Å². The van der Waals surface area contributed by atoms with Crippen molar-refractivity contribution in [2.24, 2.45) is 11.8 Å². The Morgan fingerprint density at radius 2 is 1.61 bits per heavy atom. The molecule has 3 aromatic carbocycles. The zero-order chi connectivity index (χ0) is 21.4. The van der Waals surface area contributed by atoms with Gasteiger partial charge >= 0.3 is 11.2 Å². The van der Waals surface area contributed by atoms with Gasteiger partial charge < -0.3 is 4.74 Å². The van der Waals surface area contributed by atoms with Gasteiger partial charge in [-0.15, -0.1) is 4.90 Å². The molecular formula is C26H25N2O2S+. The average Bonchev–Trinajstić information content (AvgIpc) is 3.17. The number of aromatic nitrogens is 1. The lowest BCUT2D eigenvalue weighted by Crippen LogP contribution is -2.56. The molecule has 0 fully saturated rings. The maximum Gasteiger partial charge on any atom is 0.513 e. The van der Waals surface area contributed by atoms with Gasteiger partial charge in [0.1, 0.15) is 17.3 Å². The van der Waals surface area contributed by atoms with E-state index in [1.807, 2.05) is 59.5 Å². The van der Waals surface area contributed by atoms with Crippen molar-refractivity contribution in [3.05, 3.63) is 90.5 Å². The van der Waals surface area contributed by atoms with Crippen molar-refractivity contribution in [1.82, 2.24) is 0 Å². The van der Waals surface area contributed by atoms with E-state index in [4.69, 9.17) is 4.74 Å². The Hall–Kier alpha value is -3.18. The zero-order valence-corrected chi connectivity index (χ0v) is 18.5. The molecular weight excluding hydrogens is 404 g/mol. The fraction of sp³-hybridized carbons (Fsp3) is 0.231. The molecule has 0 aliphatic carbocycles. The molecule has 0 saturated carbocycles. The minimum absolute atomic E-state index is 0.0922. The molecule has 5 rings (SSSR count). The lowest BCUT2D eigenvalue weighted by Gasteiger charge is -2.36. The monoisotopic (exact) mass is 429 g/mol. The summed E-state index contributed by atoms with van der Waals surface area (Å²) < 4.78 is 9.33. The van der Waals surface area contributed by atoms with E-state index in [-0.39, 0.29) is 18.1 Å². The van der Waals surface area contributed by atoms with Crippen LogP contribution in [0.15, 0.2) is 84.9 Å². The second-order valence-corrected chi connectivity index (χ2v) is 9.29. The predicted molar refractivity (Wildman–Crippen MR) is 124 cm³/mol. The van der Waals surface area contributed by atoms with Crippen LogP contribution in [0.2, 0.25) is 0 Å². The van der Waals surface area contributed by atoms with Gasteiger partial charge in [0.05, 0.1) is 11.2 Å². The molecule has 0 radical (unpaired) electrons. The summed E-state index contributed by atoms with van der Waals surface area (Å²) in [5.41, 5.74) is 2.30. The van der Waals surface area contributed by atoms with Crippen LogP contribution in [0, 0.1) is 11.8 Å². The number of nitrogens with zero attached hydrogens (tertiary/aromatic N) is 2. The second-order valence-electron chi connectivity index (χ2n) is 8.28. The highest BCUT2D eigenvalue weighted by Crippen LogP contribution is 2.43. The molecule has 0 N–H and O–H groups in total. The summed E-state index contributed by atoms with van der Waals surface area (Å²) >= 11 is 1.65. The normalized spacial score (nSPS) is 18.2. The van der Waals surface area contributed by atoms with Crippen molar-refractivity contribution in [3.63, 3.8) is 0 Å². The number of carbonyl (C=O) groups excluding carboxylic acids is 1. The summed E-state index contributed by atoms with van der Waals surface area (Å²) in [5, 5.41) is 0.924. The van der Waals surface area contributed by atoms with Crippen molar-refractivity contribution in [2.75, 3.05) is 4.90 Å². The van der Waals surface area contributed by atoms with Crippen LogP contribution in [-0.2, 0) is 6.54 Å². The van der Waals surface area contributed by atoms with Crippen LogP contribution in [-0.4, -0.2) is 6.09 Å². The standard InChI is InChI=1S/C26H25N2O2S/c1-18(2)21-17-27-22-15-9-10-16-23(22)31-25(27)28(24(21)19-11-5-3-6-12-19)26(29)30-20-13-7-4-8-14-20/h3-16,18,21,24H,17H2,1-2H3/q+1/t21-,24+/m0/s1. The number of benzene rings is 3. The summed E-state index contributed by atoms with van der Waals surface area (Å²) in [6.07, 6.45) is -0.342.